The standard InChI is InChI=1S/C17H26N2O.ClH.H2O/c1-4-11-19-12-6-5-10-15(19)17(20)18-16-13(2)8-7-9-14(16)3;;/h7-9,15H,4-6,10-12H2,1-3H3,(H,18,20);1H;1H2. The molecular weight excluding hydrogens is 300 g/mol. The molecule has 1 amide bonds. The average Bonchev–Trinajstić information content (AvgIpc) is 2.44. The number of hydrogen-bond acceptors (Lipinski definition) is 2. The Hall–Kier alpha value is -1.10. The van der Waals surface area contributed by atoms with Gasteiger partial charge in [0.1, 0.15) is 0 Å². The molecule has 2 rings (SSSR count). The highest BCUT2D eigenvalue weighted by Gasteiger charge is 2.28. The Morgan fingerprint density at radius 2 is 1.91 bits per heavy atom. The van der Waals surface area contributed by atoms with Crippen molar-refractivity contribution in [3.8, 4) is 0 Å². The molecule has 0 aromatic heterocycles. The molecule has 0 saturated carbocycles. The van der Waals surface area contributed by atoms with E-state index in [-0.39, 0.29) is 29.8 Å². The molecule has 0 radical (unpaired) electrons. The molecule has 4 nitrogen and oxygen atoms in total. The molecule has 0 aliphatic carbocycles. The lowest BCUT2D eigenvalue weighted by Crippen LogP contribution is -2.47. The Bertz CT molecular complexity index is 457. The number of piperidine rings is 1. The van der Waals surface area contributed by atoms with Crippen LogP contribution in [0, 0.1) is 13.8 Å². The van der Waals surface area contributed by atoms with Crippen molar-refractivity contribution in [1.82, 2.24) is 4.90 Å². The van der Waals surface area contributed by atoms with E-state index in [4.69, 9.17) is 0 Å². The second-order valence-electron chi connectivity index (χ2n) is 5.80. The maximum absolute atomic E-state index is 12.6. The van der Waals surface area contributed by atoms with Gasteiger partial charge in [-0.1, -0.05) is 31.5 Å². The highest BCUT2D eigenvalue weighted by Crippen LogP contribution is 2.23. The van der Waals surface area contributed by atoms with E-state index in [2.05, 4.69) is 17.1 Å². The van der Waals surface area contributed by atoms with Gasteiger partial charge in [-0.05, 0) is 57.3 Å². The van der Waals surface area contributed by atoms with Crippen LogP contribution in [0.1, 0.15) is 43.7 Å². The second-order valence-corrected chi connectivity index (χ2v) is 5.80. The van der Waals surface area contributed by atoms with Crippen molar-refractivity contribution in [2.24, 2.45) is 0 Å². The van der Waals surface area contributed by atoms with Crippen LogP contribution in [0.2, 0.25) is 0 Å². The van der Waals surface area contributed by atoms with E-state index in [1.54, 1.807) is 0 Å². The Balaban J connectivity index is 0.00000220. The molecule has 3 N–H and O–H groups in total. The Labute approximate surface area is 140 Å². The van der Waals surface area contributed by atoms with Gasteiger partial charge in [-0.15, -0.1) is 12.4 Å². The van der Waals surface area contributed by atoms with Gasteiger partial charge in [0, 0.05) is 5.69 Å². The summed E-state index contributed by atoms with van der Waals surface area (Å²) in [4.78, 5) is 14.9. The molecule has 5 heteroatoms. The Morgan fingerprint density at radius 3 is 2.50 bits per heavy atom. The zero-order valence-electron chi connectivity index (χ0n) is 13.8. The van der Waals surface area contributed by atoms with Gasteiger partial charge in [-0.25, -0.2) is 0 Å². The fourth-order valence-corrected chi connectivity index (χ4v) is 3.06. The van der Waals surface area contributed by atoms with E-state index in [9.17, 15) is 4.79 Å². The van der Waals surface area contributed by atoms with Crippen molar-refractivity contribution in [3.05, 3.63) is 29.3 Å². The molecule has 126 valence electrons. The van der Waals surface area contributed by atoms with Crippen LogP contribution in [0.25, 0.3) is 0 Å². The lowest BCUT2D eigenvalue weighted by molar-refractivity contribution is -0.122. The number of aryl methyl sites for hydroxylation is 2. The molecule has 1 aromatic rings. The van der Waals surface area contributed by atoms with Crippen LogP contribution in [0.3, 0.4) is 0 Å². The van der Waals surface area contributed by atoms with Gasteiger partial charge in [0.2, 0.25) is 5.91 Å². The predicted octanol–water partition coefficient (Wildman–Crippen LogP) is 3.10. The lowest BCUT2D eigenvalue weighted by Gasteiger charge is -2.34. The van der Waals surface area contributed by atoms with Crippen molar-refractivity contribution in [1.29, 1.82) is 0 Å². The first-order valence-electron chi connectivity index (χ1n) is 7.74. The molecule has 22 heavy (non-hydrogen) atoms. The molecule has 1 aromatic carbocycles. The number of carbonyl (C=O) groups is 1. The minimum atomic E-state index is 0. The minimum absolute atomic E-state index is 0. The summed E-state index contributed by atoms with van der Waals surface area (Å²) in [6.07, 6.45) is 4.46. The molecule has 0 bridgehead atoms. The van der Waals surface area contributed by atoms with Gasteiger partial charge in [-0.2, -0.15) is 0 Å². The van der Waals surface area contributed by atoms with E-state index >= 15 is 0 Å². The maximum atomic E-state index is 12.6. The first kappa shape index (κ1) is 20.9. The smallest absolute Gasteiger partial charge is 0.241 e. The first-order valence-corrected chi connectivity index (χ1v) is 7.74. The highest BCUT2D eigenvalue weighted by atomic mass is 35.5. The summed E-state index contributed by atoms with van der Waals surface area (Å²) in [5.41, 5.74) is 3.26. The lowest BCUT2D eigenvalue weighted by atomic mass is 10.0. The van der Waals surface area contributed by atoms with Crippen molar-refractivity contribution in [2.45, 2.75) is 52.5 Å². The van der Waals surface area contributed by atoms with E-state index in [1.807, 2.05) is 32.0 Å². The topological polar surface area (TPSA) is 63.8 Å². The summed E-state index contributed by atoms with van der Waals surface area (Å²) in [6, 6.07) is 6.17. The van der Waals surface area contributed by atoms with Crippen LogP contribution in [-0.2, 0) is 4.79 Å². The molecular formula is C17H29ClN2O2. The number of para-hydroxylation sites is 1. The van der Waals surface area contributed by atoms with Gasteiger partial charge < -0.3 is 10.8 Å². The summed E-state index contributed by atoms with van der Waals surface area (Å²) < 4.78 is 0. The number of halogens is 1. The molecule has 1 aliphatic rings. The molecule has 1 unspecified atom stereocenters. The monoisotopic (exact) mass is 328 g/mol. The third-order valence-corrected chi connectivity index (χ3v) is 4.16. The molecule has 1 fully saturated rings. The summed E-state index contributed by atoms with van der Waals surface area (Å²) in [7, 11) is 0. The number of nitrogens with zero attached hydrogens (tertiary/aromatic N) is 1. The van der Waals surface area contributed by atoms with E-state index < -0.39 is 0 Å². The van der Waals surface area contributed by atoms with Crippen LogP contribution in [0.15, 0.2) is 18.2 Å². The third kappa shape index (κ3) is 4.97. The number of amides is 1. The van der Waals surface area contributed by atoms with E-state index in [1.165, 1.54) is 6.42 Å². The quantitative estimate of drug-likeness (QED) is 0.923. The van der Waals surface area contributed by atoms with Crippen LogP contribution in [-0.4, -0.2) is 35.4 Å². The number of anilines is 1. The number of nitrogens with one attached hydrogen (secondary N) is 1. The number of benzene rings is 1. The van der Waals surface area contributed by atoms with Crippen LogP contribution >= 0.6 is 12.4 Å². The normalized spacial score (nSPS) is 18.0. The van der Waals surface area contributed by atoms with Gasteiger partial charge >= 0.3 is 0 Å². The van der Waals surface area contributed by atoms with Gasteiger partial charge in [0.25, 0.3) is 0 Å². The number of likely N-dealkylation sites (tertiary alicyclic amines) is 1. The fourth-order valence-electron chi connectivity index (χ4n) is 3.06. The fraction of sp³-hybridized carbons (Fsp3) is 0.588. The number of carbonyl (C=O) groups excluding carboxylic acids is 1. The Kier molecular flexibility index (Phi) is 9.33. The van der Waals surface area contributed by atoms with Crippen molar-refractivity contribution < 1.29 is 10.3 Å². The zero-order valence-corrected chi connectivity index (χ0v) is 14.6. The second kappa shape index (κ2) is 9.82. The van der Waals surface area contributed by atoms with Crippen LogP contribution in [0.5, 0.6) is 0 Å². The predicted molar refractivity (Wildman–Crippen MR) is 94.9 cm³/mol. The highest BCUT2D eigenvalue weighted by molar-refractivity contribution is 5.96. The Morgan fingerprint density at radius 1 is 1.27 bits per heavy atom. The van der Waals surface area contributed by atoms with Gasteiger partial charge in [0.05, 0.1) is 6.04 Å². The van der Waals surface area contributed by atoms with E-state index in [0.717, 1.165) is 49.2 Å². The average molecular weight is 329 g/mol. The molecule has 0 spiro atoms. The van der Waals surface area contributed by atoms with Crippen molar-refractivity contribution in [2.75, 3.05) is 18.4 Å². The summed E-state index contributed by atoms with van der Waals surface area (Å²) in [5.74, 6) is 0.163. The van der Waals surface area contributed by atoms with Gasteiger partial charge in [-0.3, -0.25) is 9.69 Å². The van der Waals surface area contributed by atoms with Crippen LogP contribution < -0.4 is 5.32 Å². The van der Waals surface area contributed by atoms with E-state index in [0.29, 0.717) is 0 Å². The largest absolute Gasteiger partial charge is 0.412 e. The number of hydrogen-bond donors (Lipinski definition) is 1. The first-order chi connectivity index (χ1) is 9.63. The summed E-state index contributed by atoms with van der Waals surface area (Å²) in [5, 5.41) is 3.16. The number of rotatable bonds is 4. The maximum Gasteiger partial charge on any atom is 0.241 e. The van der Waals surface area contributed by atoms with Gasteiger partial charge in [0.15, 0.2) is 0 Å². The van der Waals surface area contributed by atoms with Crippen molar-refractivity contribution in [3.63, 3.8) is 0 Å². The minimum Gasteiger partial charge on any atom is -0.412 e. The third-order valence-electron chi connectivity index (χ3n) is 4.16. The zero-order chi connectivity index (χ0) is 14.5. The molecule has 1 heterocycles. The van der Waals surface area contributed by atoms with Crippen LogP contribution in [0.4, 0.5) is 5.69 Å². The SMILES string of the molecule is CCCN1CCCCC1C(=O)Nc1c(C)cccc1C.Cl.O. The molecule has 1 aliphatic heterocycles. The molecule has 1 atom stereocenters. The summed E-state index contributed by atoms with van der Waals surface area (Å²) in [6.45, 7) is 8.35. The van der Waals surface area contributed by atoms with Crippen molar-refractivity contribution >= 4 is 24.0 Å². The summed E-state index contributed by atoms with van der Waals surface area (Å²) >= 11 is 0. The molecule has 1 saturated heterocycles.